The van der Waals surface area contributed by atoms with Gasteiger partial charge in [0.2, 0.25) is 0 Å². The lowest BCUT2D eigenvalue weighted by molar-refractivity contribution is 0.0534. The molecule has 0 amide bonds. The van der Waals surface area contributed by atoms with Crippen LogP contribution in [0, 0.1) is 0 Å². The maximum Gasteiger partial charge on any atom is 0.159 e. The summed E-state index contributed by atoms with van der Waals surface area (Å²) in [6.07, 6.45) is 1.60. The van der Waals surface area contributed by atoms with Gasteiger partial charge in [0.15, 0.2) is 5.82 Å². The van der Waals surface area contributed by atoms with Crippen molar-refractivity contribution in [3.8, 4) is 0 Å². The van der Waals surface area contributed by atoms with Crippen molar-refractivity contribution < 1.29 is 4.74 Å². The van der Waals surface area contributed by atoms with Gasteiger partial charge in [-0.05, 0) is 35.7 Å². The van der Waals surface area contributed by atoms with Crippen LogP contribution in [0.1, 0.15) is 44.8 Å². The van der Waals surface area contributed by atoms with Crippen LogP contribution in [0.15, 0.2) is 4.47 Å². The second-order valence-corrected chi connectivity index (χ2v) is 4.23. The van der Waals surface area contributed by atoms with E-state index < -0.39 is 0 Å². The van der Waals surface area contributed by atoms with Crippen molar-refractivity contribution in [2.45, 2.75) is 39.7 Å². The first-order chi connectivity index (χ1) is 7.63. The lowest BCUT2D eigenvalue weighted by Crippen LogP contribution is -2.11. The summed E-state index contributed by atoms with van der Waals surface area (Å²) in [5, 5.41) is 0. The molecule has 0 spiro atoms. The molecule has 90 valence electrons. The van der Waals surface area contributed by atoms with Crippen molar-refractivity contribution in [1.82, 2.24) is 9.97 Å². The van der Waals surface area contributed by atoms with Gasteiger partial charge in [0.25, 0.3) is 0 Å². The molecule has 1 rings (SSSR count). The minimum atomic E-state index is -0.0642. The summed E-state index contributed by atoms with van der Waals surface area (Å²) < 4.78 is 6.37. The van der Waals surface area contributed by atoms with E-state index in [-0.39, 0.29) is 6.10 Å². The van der Waals surface area contributed by atoms with E-state index >= 15 is 0 Å². The first-order valence-electron chi connectivity index (χ1n) is 5.57. The van der Waals surface area contributed by atoms with Gasteiger partial charge < -0.3 is 10.5 Å². The van der Waals surface area contributed by atoms with Gasteiger partial charge in [-0.25, -0.2) is 9.97 Å². The molecule has 0 saturated heterocycles. The molecule has 0 aliphatic heterocycles. The van der Waals surface area contributed by atoms with Crippen LogP contribution in [0.2, 0.25) is 0 Å². The number of rotatable bonds is 5. The van der Waals surface area contributed by atoms with Crippen LogP contribution in [-0.2, 0) is 11.2 Å². The second kappa shape index (κ2) is 6.15. The van der Waals surface area contributed by atoms with Crippen LogP contribution in [-0.4, -0.2) is 16.6 Å². The highest BCUT2D eigenvalue weighted by atomic mass is 79.9. The number of ether oxygens (including phenoxy) is 1. The fourth-order valence-electron chi connectivity index (χ4n) is 1.49. The zero-order valence-electron chi connectivity index (χ0n) is 9.96. The molecule has 1 atom stereocenters. The lowest BCUT2D eigenvalue weighted by Gasteiger charge is -2.15. The van der Waals surface area contributed by atoms with Crippen molar-refractivity contribution in [2.75, 3.05) is 12.3 Å². The molecular weight excluding hydrogens is 270 g/mol. The van der Waals surface area contributed by atoms with E-state index in [2.05, 4.69) is 25.9 Å². The van der Waals surface area contributed by atoms with E-state index in [4.69, 9.17) is 10.5 Å². The molecule has 0 radical (unpaired) electrons. The first kappa shape index (κ1) is 13.4. The molecule has 1 aromatic rings. The Morgan fingerprint density at radius 1 is 1.31 bits per heavy atom. The molecule has 16 heavy (non-hydrogen) atoms. The zero-order chi connectivity index (χ0) is 12.1. The molecule has 0 aliphatic carbocycles. The maximum absolute atomic E-state index is 5.83. The van der Waals surface area contributed by atoms with Gasteiger partial charge in [-0.3, -0.25) is 0 Å². The minimum absolute atomic E-state index is 0.0642. The molecular formula is C11H18BrN3O. The number of hydrogen-bond donors (Lipinski definition) is 1. The second-order valence-electron chi connectivity index (χ2n) is 3.43. The van der Waals surface area contributed by atoms with Crippen LogP contribution < -0.4 is 5.73 Å². The highest BCUT2D eigenvalue weighted by molar-refractivity contribution is 9.10. The Morgan fingerprint density at radius 3 is 2.50 bits per heavy atom. The van der Waals surface area contributed by atoms with Crippen LogP contribution in [0.5, 0.6) is 0 Å². The summed E-state index contributed by atoms with van der Waals surface area (Å²) in [7, 11) is 0. The molecule has 0 aromatic carbocycles. The number of halogens is 1. The number of hydrogen-bond acceptors (Lipinski definition) is 4. The van der Waals surface area contributed by atoms with Gasteiger partial charge >= 0.3 is 0 Å². The fourth-order valence-corrected chi connectivity index (χ4v) is 1.94. The Bertz CT molecular complexity index is 357. The molecule has 4 nitrogen and oxygen atoms in total. The van der Waals surface area contributed by atoms with Gasteiger partial charge in [-0.2, -0.15) is 0 Å². The van der Waals surface area contributed by atoms with Gasteiger partial charge in [0.1, 0.15) is 11.9 Å². The average molecular weight is 288 g/mol. The number of anilines is 1. The van der Waals surface area contributed by atoms with E-state index in [1.165, 1.54) is 0 Å². The maximum atomic E-state index is 5.83. The molecule has 1 unspecified atom stereocenters. The van der Waals surface area contributed by atoms with Crippen molar-refractivity contribution in [3.05, 3.63) is 16.0 Å². The summed E-state index contributed by atoms with van der Waals surface area (Å²) >= 11 is 3.39. The Labute approximate surface area is 105 Å². The van der Waals surface area contributed by atoms with E-state index in [0.717, 1.165) is 23.0 Å². The van der Waals surface area contributed by atoms with Crippen LogP contribution in [0.3, 0.4) is 0 Å². The molecule has 1 heterocycles. The number of nitrogens with two attached hydrogens (primary N) is 1. The number of nitrogen functional groups attached to an aromatic ring is 1. The van der Waals surface area contributed by atoms with E-state index in [1.54, 1.807) is 0 Å². The molecule has 2 N–H and O–H groups in total. The summed E-state index contributed by atoms with van der Waals surface area (Å²) in [5.41, 5.74) is 6.76. The first-order valence-corrected chi connectivity index (χ1v) is 6.36. The molecule has 0 fully saturated rings. The summed E-state index contributed by atoms with van der Waals surface area (Å²) in [5.74, 6) is 1.17. The van der Waals surface area contributed by atoms with E-state index in [0.29, 0.717) is 18.2 Å². The Kier molecular flexibility index (Phi) is 5.15. The highest BCUT2D eigenvalue weighted by Crippen LogP contribution is 2.25. The predicted molar refractivity (Wildman–Crippen MR) is 68.2 cm³/mol. The minimum Gasteiger partial charge on any atom is -0.383 e. The van der Waals surface area contributed by atoms with Gasteiger partial charge in [0.05, 0.1) is 10.2 Å². The fraction of sp³-hybridized carbons (Fsp3) is 0.636. The quantitative estimate of drug-likeness (QED) is 0.905. The van der Waals surface area contributed by atoms with Crippen LogP contribution in [0.25, 0.3) is 0 Å². The number of nitrogens with zero attached hydrogens (tertiary/aromatic N) is 2. The zero-order valence-corrected chi connectivity index (χ0v) is 11.5. The third-order valence-electron chi connectivity index (χ3n) is 2.32. The topological polar surface area (TPSA) is 61.0 Å². The van der Waals surface area contributed by atoms with Crippen LogP contribution in [0.4, 0.5) is 5.82 Å². The van der Waals surface area contributed by atoms with Crippen LogP contribution >= 0.6 is 15.9 Å². The standard InChI is InChI=1S/C11H18BrN3O/c1-4-7-9(12)10(13)15-11(14-7)8(5-2)16-6-3/h8H,4-6H2,1-3H3,(H2,13,14,15). The van der Waals surface area contributed by atoms with Crippen molar-refractivity contribution in [1.29, 1.82) is 0 Å². The lowest BCUT2D eigenvalue weighted by atomic mass is 10.2. The smallest absolute Gasteiger partial charge is 0.159 e. The van der Waals surface area contributed by atoms with Gasteiger partial charge in [-0.15, -0.1) is 0 Å². The molecule has 1 aromatic heterocycles. The normalized spacial score (nSPS) is 12.8. The predicted octanol–water partition coefficient (Wildman–Crippen LogP) is 2.87. The third kappa shape index (κ3) is 2.92. The third-order valence-corrected chi connectivity index (χ3v) is 3.19. The van der Waals surface area contributed by atoms with Gasteiger partial charge in [-0.1, -0.05) is 13.8 Å². The van der Waals surface area contributed by atoms with E-state index in [1.807, 2.05) is 20.8 Å². The van der Waals surface area contributed by atoms with Gasteiger partial charge in [0, 0.05) is 6.61 Å². The summed E-state index contributed by atoms with van der Waals surface area (Å²) in [4.78, 5) is 8.74. The summed E-state index contributed by atoms with van der Waals surface area (Å²) in [6, 6.07) is 0. The Balaban J connectivity index is 3.08. The van der Waals surface area contributed by atoms with E-state index in [9.17, 15) is 0 Å². The van der Waals surface area contributed by atoms with Crippen molar-refractivity contribution in [2.24, 2.45) is 0 Å². The largest absolute Gasteiger partial charge is 0.383 e. The molecule has 0 aliphatic rings. The molecule has 5 heteroatoms. The number of aryl methyl sites for hydroxylation is 1. The Morgan fingerprint density at radius 2 is 2.00 bits per heavy atom. The monoisotopic (exact) mass is 287 g/mol. The molecule has 0 bridgehead atoms. The number of aromatic nitrogens is 2. The average Bonchev–Trinajstić information content (AvgIpc) is 2.29. The summed E-state index contributed by atoms with van der Waals surface area (Å²) in [6.45, 7) is 6.70. The highest BCUT2D eigenvalue weighted by Gasteiger charge is 2.16. The SMILES string of the molecule is CCOC(CC)c1nc(N)c(Br)c(CC)n1. The van der Waals surface area contributed by atoms with Crippen molar-refractivity contribution >= 4 is 21.7 Å². The molecule has 0 saturated carbocycles. The van der Waals surface area contributed by atoms with Crippen molar-refractivity contribution in [3.63, 3.8) is 0 Å². The Hall–Kier alpha value is -0.680.